The van der Waals surface area contributed by atoms with Gasteiger partial charge in [-0.05, 0) is 55.8 Å². The van der Waals surface area contributed by atoms with Crippen LogP contribution in [0.4, 0.5) is 4.39 Å². The normalized spacial score (nSPS) is 14.2. The van der Waals surface area contributed by atoms with E-state index in [1.165, 1.54) is 12.8 Å². The molecule has 0 amide bonds. The van der Waals surface area contributed by atoms with Gasteiger partial charge in [-0.15, -0.1) is 0 Å². The zero-order valence-electron chi connectivity index (χ0n) is 19.8. The molecule has 1 saturated heterocycles. The maximum Gasteiger partial charge on any atom is 0.161 e. The highest BCUT2D eigenvalue weighted by atomic mass is 19.1. The minimum absolute atomic E-state index is 0.237. The molecule has 6 aromatic heterocycles. The summed E-state index contributed by atoms with van der Waals surface area (Å²) < 4.78 is 16.0. The second kappa shape index (κ2) is 8.82. The Morgan fingerprint density at radius 1 is 0.838 bits per heavy atom. The summed E-state index contributed by atoms with van der Waals surface area (Å²) in [5.74, 6) is -0.0178. The number of hydrogen-bond donors (Lipinski definition) is 2. The SMILES string of the molecule is Fc1c(-c2cncc(CN3CCCC3)c2)ncc2[nH]nc(-c3nc4c(-c5ccncc5)nccc4[nH]3)c12. The summed E-state index contributed by atoms with van der Waals surface area (Å²) in [5.41, 5.74) is 5.85. The number of likely N-dealkylation sites (tertiary alicyclic amines) is 1. The standard InChI is InChI=1S/C27H22FN9/c28-22-21-20(14-32-23(22)18-11-16(12-30-13-18)15-37-9-1-2-10-37)35-36-26(21)27-33-19-5-8-31-24(25(19)34-27)17-3-6-29-7-4-17/h3-8,11-14H,1-2,9-10,15H2,(H,33,34)(H,35,36). The molecule has 2 N–H and O–H groups in total. The van der Waals surface area contributed by atoms with Crippen molar-refractivity contribution in [3.63, 3.8) is 0 Å². The van der Waals surface area contributed by atoms with Crippen molar-refractivity contribution in [3.8, 4) is 34.0 Å². The molecule has 9 nitrogen and oxygen atoms in total. The van der Waals surface area contributed by atoms with Crippen molar-refractivity contribution in [2.75, 3.05) is 13.1 Å². The number of hydrogen-bond acceptors (Lipinski definition) is 7. The van der Waals surface area contributed by atoms with Gasteiger partial charge in [0.1, 0.15) is 16.9 Å². The lowest BCUT2D eigenvalue weighted by atomic mass is 10.1. The topological polar surface area (TPSA) is 112 Å². The number of aromatic nitrogens is 8. The van der Waals surface area contributed by atoms with Crippen LogP contribution in [-0.2, 0) is 6.54 Å². The Morgan fingerprint density at radius 3 is 2.57 bits per heavy atom. The van der Waals surface area contributed by atoms with E-state index in [1.807, 2.05) is 30.5 Å². The summed E-state index contributed by atoms with van der Waals surface area (Å²) >= 11 is 0. The van der Waals surface area contributed by atoms with Gasteiger partial charge in [0.15, 0.2) is 11.6 Å². The van der Waals surface area contributed by atoms with Gasteiger partial charge in [-0.2, -0.15) is 5.10 Å². The van der Waals surface area contributed by atoms with E-state index in [4.69, 9.17) is 4.98 Å². The number of H-pyrrole nitrogens is 2. The third-order valence-corrected chi connectivity index (χ3v) is 6.80. The van der Waals surface area contributed by atoms with Crippen molar-refractivity contribution in [1.82, 2.24) is 45.0 Å². The van der Waals surface area contributed by atoms with E-state index in [9.17, 15) is 0 Å². The molecule has 182 valence electrons. The molecule has 37 heavy (non-hydrogen) atoms. The molecule has 0 spiro atoms. The van der Waals surface area contributed by atoms with Crippen molar-refractivity contribution in [2.24, 2.45) is 0 Å². The van der Waals surface area contributed by atoms with E-state index in [0.717, 1.165) is 36.3 Å². The average molecular weight is 492 g/mol. The number of nitrogens with one attached hydrogen (secondary N) is 2. The van der Waals surface area contributed by atoms with Crippen LogP contribution in [0.3, 0.4) is 0 Å². The van der Waals surface area contributed by atoms with Crippen LogP contribution in [0.25, 0.3) is 56.0 Å². The fourth-order valence-corrected chi connectivity index (χ4v) is 5.02. The molecule has 0 aromatic carbocycles. The summed E-state index contributed by atoms with van der Waals surface area (Å²) in [6.07, 6.45) is 12.7. The van der Waals surface area contributed by atoms with Crippen LogP contribution in [0.2, 0.25) is 0 Å². The number of aromatic amines is 2. The Bertz CT molecular complexity index is 1740. The van der Waals surface area contributed by atoms with Gasteiger partial charge in [-0.3, -0.25) is 29.9 Å². The predicted octanol–water partition coefficient (Wildman–Crippen LogP) is 4.76. The Hall–Kier alpha value is -4.57. The van der Waals surface area contributed by atoms with Crippen LogP contribution in [0.1, 0.15) is 18.4 Å². The molecule has 0 atom stereocenters. The van der Waals surface area contributed by atoms with Crippen molar-refractivity contribution in [1.29, 1.82) is 0 Å². The Labute approximate surface area is 210 Å². The average Bonchev–Trinajstić information content (AvgIpc) is 3.69. The van der Waals surface area contributed by atoms with E-state index in [-0.39, 0.29) is 5.69 Å². The molecule has 10 heteroatoms. The van der Waals surface area contributed by atoms with Crippen LogP contribution in [0.5, 0.6) is 0 Å². The van der Waals surface area contributed by atoms with Gasteiger partial charge in [0, 0.05) is 48.7 Å². The summed E-state index contributed by atoms with van der Waals surface area (Å²) in [4.78, 5) is 27.8. The summed E-state index contributed by atoms with van der Waals surface area (Å²) in [7, 11) is 0. The Kier molecular flexibility index (Phi) is 5.17. The molecule has 7 heterocycles. The van der Waals surface area contributed by atoms with Gasteiger partial charge >= 0.3 is 0 Å². The minimum Gasteiger partial charge on any atom is -0.336 e. The number of imidazole rings is 1. The maximum atomic E-state index is 16.0. The summed E-state index contributed by atoms with van der Waals surface area (Å²) in [6, 6.07) is 7.57. The van der Waals surface area contributed by atoms with Crippen LogP contribution >= 0.6 is 0 Å². The summed E-state index contributed by atoms with van der Waals surface area (Å²) in [5, 5.41) is 7.62. The molecule has 0 saturated carbocycles. The van der Waals surface area contributed by atoms with E-state index < -0.39 is 5.82 Å². The third kappa shape index (κ3) is 3.82. The van der Waals surface area contributed by atoms with Gasteiger partial charge in [0.05, 0.1) is 28.3 Å². The lowest BCUT2D eigenvalue weighted by molar-refractivity contribution is 0.331. The summed E-state index contributed by atoms with van der Waals surface area (Å²) in [6.45, 7) is 2.96. The predicted molar refractivity (Wildman–Crippen MR) is 138 cm³/mol. The quantitative estimate of drug-likeness (QED) is 0.358. The molecular weight excluding hydrogens is 469 g/mol. The first kappa shape index (κ1) is 21.7. The second-order valence-electron chi connectivity index (χ2n) is 9.22. The van der Waals surface area contributed by atoms with Crippen LogP contribution in [0, 0.1) is 5.82 Å². The van der Waals surface area contributed by atoms with Gasteiger partial charge in [-0.25, -0.2) is 9.37 Å². The fraction of sp³-hybridized carbons (Fsp3) is 0.185. The first-order valence-corrected chi connectivity index (χ1v) is 12.2. The highest BCUT2D eigenvalue weighted by Crippen LogP contribution is 2.34. The van der Waals surface area contributed by atoms with E-state index in [0.29, 0.717) is 39.2 Å². The van der Waals surface area contributed by atoms with E-state index >= 15 is 4.39 Å². The van der Waals surface area contributed by atoms with Crippen molar-refractivity contribution >= 4 is 21.9 Å². The highest BCUT2D eigenvalue weighted by molar-refractivity contribution is 5.97. The van der Waals surface area contributed by atoms with E-state index in [1.54, 1.807) is 31.0 Å². The molecule has 7 rings (SSSR count). The molecule has 0 aliphatic carbocycles. The van der Waals surface area contributed by atoms with Gasteiger partial charge in [0.25, 0.3) is 0 Å². The van der Waals surface area contributed by atoms with Crippen LogP contribution in [-0.4, -0.2) is 58.1 Å². The molecule has 0 bridgehead atoms. The number of fused-ring (bicyclic) bond motifs is 2. The second-order valence-corrected chi connectivity index (χ2v) is 9.22. The minimum atomic E-state index is -0.464. The third-order valence-electron chi connectivity index (χ3n) is 6.80. The highest BCUT2D eigenvalue weighted by Gasteiger charge is 2.22. The first-order valence-electron chi connectivity index (χ1n) is 12.2. The largest absolute Gasteiger partial charge is 0.336 e. The smallest absolute Gasteiger partial charge is 0.161 e. The number of halogens is 1. The number of pyridine rings is 4. The molecule has 6 aromatic rings. The Balaban J connectivity index is 1.32. The van der Waals surface area contributed by atoms with E-state index in [2.05, 4.69) is 40.0 Å². The van der Waals surface area contributed by atoms with Gasteiger partial charge in [0.2, 0.25) is 0 Å². The van der Waals surface area contributed by atoms with Crippen molar-refractivity contribution in [3.05, 3.63) is 72.8 Å². The first-order chi connectivity index (χ1) is 18.2. The number of nitrogens with zero attached hydrogens (tertiary/aromatic N) is 7. The fourth-order valence-electron chi connectivity index (χ4n) is 5.02. The zero-order chi connectivity index (χ0) is 24.8. The van der Waals surface area contributed by atoms with Gasteiger partial charge in [-0.1, -0.05) is 0 Å². The van der Waals surface area contributed by atoms with Crippen LogP contribution < -0.4 is 0 Å². The molecule has 1 aliphatic rings. The molecular formula is C27H22FN9. The molecule has 0 radical (unpaired) electrons. The lowest BCUT2D eigenvalue weighted by Gasteiger charge is -2.14. The molecule has 1 aliphatic heterocycles. The zero-order valence-corrected chi connectivity index (χ0v) is 19.8. The molecule has 0 unspecified atom stereocenters. The molecule has 1 fully saturated rings. The van der Waals surface area contributed by atoms with Crippen LogP contribution in [0.15, 0.2) is 61.4 Å². The van der Waals surface area contributed by atoms with Crippen molar-refractivity contribution < 1.29 is 4.39 Å². The van der Waals surface area contributed by atoms with Gasteiger partial charge < -0.3 is 4.98 Å². The Morgan fingerprint density at radius 2 is 1.70 bits per heavy atom. The lowest BCUT2D eigenvalue weighted by Crippen LogP contribution is -2.18. The number of rotatable bonds is 5. The maximum absolute atomic E-state index is 16.0. The van der Waals surface area contributed by atoms with Crippen molar-refractivity contribution in [2.45, 2.75) is 19.4 Å². The monoisotopic (exact) mass is 491 g/mol.